The van der Waals surface area contributed by atoms with Crippen molar-refractivity contribution in [1.82, 2.24) is 10.2 Å². The van der Waals surface area contributed by atoms with E-state index in [1.54, 1.807) is 0 Å². The smallest absolute Gasteiger partial charge is 0.225 e. The molecule has 5 heteroatoms. The summed E-state index contributed by atoms with van der Waals surface area (Å²) >= 11 is 0. The van der Waals surface area contributed by atoms with Crippen molar-refractivity contribution < 1.29 is 4.79 Å². The monoisotopic (exact) mass is 210 g/mol. The predicted octanol–water partition coefficient (Wildman–Crippen LogP) is 0.895. The molecule has 84 valence electrons. The molecule has 0 bridgehead atoms. The summed E-state index contributed by atoms with van der Waals surface area (Å²) in [6.07, 6.45) is 1.31. The molecular formula is C10H18N4O. The molecule has 0 spiro atoms. The highest BCUT2D eigenvalue weighted by atomic mass is 16.1. The Morgan fingerprint density at radius 3 is 3.00 bits per heavy atom. The van der Waals surface area contributed by atoms with Crippen LogP contribution >= 0.6 is 0 Å². The first-order valence-corrected chi connectivity index (χ1v) is 5.19. The molecular weight excluding hydrogens is 192 g/mol. The predicted molar refractivity (Wildman–Crippen MR) is 59.4 cm³/mol. The van der Waals surface area contributed by atoms with E-state index >= 15 is 0 Å². The van der Waals surface area contributed by atoms with E-state index in [2.05, 4.69) is 15.5 Å². The van der Waals surface area contributed by atoms with Gasteiger partial charge in [0.2, 0.25) is 5.91 Å². The van der Waals surface area contributed by atoms with Crippen LogP contribution in [-0.4, -0.2) is 22.6 Å². The lowest BCUT2D eigenvalue weighted by Gasteiger charge is -2.06. The lowest BCUT2D eigenvalue weighted by Crippen LogP contribution is -2.20. The van der Waals surface area contributed by atoms with Crippen molar-refractivity contribution in [2.24, 2.45) is 11.7 Å². The molecule has 4 N–H and O–H groups in total. The van der Waals surface area contributed by atoms with E-state index in [-0.39, 0.29) is 11.8 Å². The summed E-state index contributed by atoms with van der Waals surface area (Å²) in [5.74, 6) is 0.748. The van der Waals surface area contributed by atoms with Gasteiger partial charge in [0, 0.05) is 18.2 Å². The van der Waals surface area contributed by atoms with Crippen LogP contribution in [0.15, 0.2) is 6.07 Å². The van der Waals surface area contributed by atoms with Crippen molar-refractivity contribution >= 4 is 11.7 Å². The molecule has 0 aromatic carbocycles. The minimum absolute atomic E-state index is 0.0397. The quantitative estimate of drug-likeness (QED) is 0.675. The number of aromatic nitrogens is 2. The van der Waals surface area contributed by atoms with Crippen molar-refractivity contribution in [1.29, 1.82) is 0 Å². The number of H-pyrrole nitrogens is 1. The third-order valence-electron chi connectivity index (χ3n) is 2.22. The molecule has 5 nitrogen and oxygen atoms in total. The Kier molecular flexibility index (Phi) is 4.30. The molecule has 1 heterocycles. The number of amides is 1. The first-order chi connectivity index (χ1) is 7.15. The first-order valence-electron chi connectivity index (χ1n) is 5.19. The summed E-state index contributed by atoms with van der Waals surface area (Å²) in [6, 6.07) is 1.84. The van der Waals surface area contributed by atoms with Gasteiger partial charge in [-0.2, -0.15) is 5.10 Å². The molecule has 1 rings (SSSR count). The molecule has 0 fully saturated rings. The van der Waals surface area contributed by atoms with E-state index in [0.717, 1.165) is 12.1 Å². The molecule has 1 aromatic heterocycles. The average Bonchev–Trinajstić information content (AvgIpc) is 2.65. The maximum atomic E-state index is 11.5. The molecule has 0 aliphatic rings. The van der Waals surface area contributed by atoms with Crippen molar-refractivity contribution in [2.75, 3.05) is 11.9 Å². The maximum absolute atomic E-state index is 11.5. The minimum Gasteiger partial charge on any atom is -0.330 e. The fourth-order valence-corrected chi connectivity index (χ4v) is 1.20. The van der Waals surface area contributed by atoms with E-state index < -0.39 is 0 Å². The van der Waals surface area contributed by atoms with Crippen LogP contribution < -0.4 is 11.1 Å². The Balaban J connectivity index is 2.44. The number of anilines is 1. The van der Waals surface area contributed by atoms with Gasteiger partial charge in [-0.15, -0.1) is 0 Å². The summed E-state index contributed by atoms with van der Waals surface area (Å²) in [5.41, 5.74) is 6.45. The molecule has 1 unspecified atom stereocenters. The molecule has 0 saturated heterocycles. The number of nitrogens with one attached hydrogen (secondary N) is 2. The van der Waals surface area contributed by atoms with Crippen LogP contribution in [0.2, 0.25) is 0 Å². The lowest BCUT2D eigenvalue weighted by atomic mass is 10.1. The SMILES string of the molecule is CCc1cc(NC(=O)CC(C)CN)n[nH]1. The topological polar surface area (TPSA) is 83.8 Å². The molecule has 0 radical (unpaired) electrons. The molecule has 0 saturated carbocycles. The number of rotatable bonds is 5. The van der Waals surface area contributed by atoms with Gasteiger partial charge in [0.05, 0.1) is 0 Å². The van der Waals surface area contributed by atoms with E-state index in [0.29, 0.717) is 18.8 Å². The average molecular weight is 210 g/mol. The number of nitrogens with two attached hydrogens (primary N) is 1. The van der Waals surface area contributed by atoms with Crippen LogP contribution in [0.4, 0.5) is 5.82 Å². The van der Waals surface area contributed by atoms with Gasteiger partial charge in [-0.3, -0.25) is 9.89 Å². The molecule has 1 amide bonds. The molecule has 1 atom stereocenters. The van der Waals surface area contributed by atoms with Crippen LogP contribution in [0.5, 0.6) is 0 Å². The molecule has 15 heavy (non-hydrogen) atoms. The zero-order valence-electron chi connectivity index (χ0n) is 9.21. The van der Waals surface area contributed by atoms with Gasteiger partial charge in [0.25, 0.3) is 0 Å². The summed E-state index contributed by atoms with van der Waals surface area (Å²) in [7, 11) is 0. The third-order valence-corrected chi connectivity index (χ3v) is 2.22. The second-order valence-corrected chi connectivity index (χ2v) is 3.73. The Morgan fingerprint density at radius 2 is 2.47 bits per heavy atom. The molecule has 0 aliphatic heterocycles. The third kappa shape index (κ3) is 3.71. The Hall–Kier alpha value is -1.36. The second kappa shape index (κ2) is 5.50. The fourth-order valence-electron chi connectivity index (χ4n) is 1.20. The van der Waals surface area contributed by atoms with E-state index in [9.17, 15) is 4.79 Å². The number of aryl methyl sites for hydroxylation is 1. The highest BCUT2D eigenvalue weighted by molar-refractivity contribution is 5.89. The van der Waals surface area contributed by atoms with Crippen LogP contribution in [0, 0.1) is 5.92 Å². The van der Waals surface area contributed by atoms with Gasteiger partial charge >= 0.3 is 0 Å². The van der Waals surface area contributed by atoms with Gasteiger partial charge in [-0.25, -0.2) is 0 Å². The van der Waals surface area contributed by atoms with Crippen molar-refractivity contribution in [3.8, 4) is 0 Å². The Labute approximate surface area is 89.4 Å². The number of aromatic amines is 1. The van der Waals surface area contributed by atoms with Gasteiger partial charge in [0.1, 0.15) is 0 Å². The Morgan fingerprint density at radius 1 is 1.73 bits per heavy atom. The zero-order valence-corrected chi connectivity index (χ0v) is 9.21. The van der Waals surface area contributed by atoms with Gasteiger partial charge in [-0.05, 0) is 18.9 Å². The Bertz CT molecular complexity index is 321. The highest BCUT2D eigenvalue weighted by Gasteiger charge is 2.09. The number of nitrogens with zero attached hydrogens (tertiary/aromatic N) is 1. The van der Waals surface area contributed by atoms with E-state index in [4.69, 9.17) is 5.73 Å². The van der Waals surface area contributed by atoms with E-state index in [1.165, 1.54) is 0 Å². The number of carbonyl (C=O) groups excluding carboxylic acids is 1. The van der Waals surface area contributed by atoms with Crippen LogP contribution in [0.3, 0.4) is 0 Å². The van der Waals surface area contributed by atoms with Gasteiger partial charge < -0.3 is 11.1 Å². The first kappa shape index (κ1) is 11.7. The van der Waals surface area contributed by atoms with Gasteiger partial charge in [-0.1, -0.05) is 13.8 Å². The molecule has 1 aromatic rings. The van der Waals surface area contributed by atoms with Crippen molar-refractivity contribution in [2.45, 2.75) is 26.7 Å². The highest BCUT2D eigenvalue weighted by Crippen LogP contribution is 2.07. The largest absolute Gasteiger partial charge is 0.330 e. The lowest BCUT2D eigenvalue weighted by molar-refractivity contribution is -0.116. The van der Waals surface area contributed by atoms with Crippen LogP contribution in [0.1, 0.15) is 26.0 Å². The molecule has 0 aliphatic carbocycles. The standard InChI is InChI=1S/C10H18N4O/c1-3-8-5-9(14-13-8)12-10(15)4-7(2)6-11/h5,7H,3-4,6,11H2,1-2H3,(H2,12,13,14,15). The summed E-state index contributed by atoms with van der Waals surface area (Å²) in [4.78, 5) is 11.5. The van der Waals surface area contributed by atoms with Crippen molar-refractivity contribution in [3.05, 3.63) is 11.8 Å². The summed E-state index contributed by atoms with van der Waals surface area (Å²) in [5, 5.41) is 9.54. The van der Waals surface area contributed by atoms with Crippen molar-refractivity contribution in [3.63, 3.8) is 0 Å². The van der Waals surface area contributed by atoms with Crippen LogP contribution in [0.25, 0.3) is 0 Å². The fraction of sp³-hybridized carbons (Fsp3) is 0.600. The summed E-state index contributed by atoms with van der Waals surface area (Å²) < 4.78 is 0. The number of hydrogen-bond donors (Lipinski definition) is 3. The van der Waals surface area contributed by atoms with E-state index in [1.807, 2.05) is 19.9 Å². The minimum atomic E-state index is -0.0397. The zero-order chi connectivity index (χ0) is 11.3. The normalized spacial score (nSPS) is 12.5. The second-order valence-electron chi connectivity index (χ2n) is 3.73. The summed E-state index contributed by atoms with van der Waals surface area (Å²) in [6.45, 7) is 4.49. The maximum Gasteiger partial charge on any atom is 0.225 e. The number of carbonyl (C=O) groups is 1. The number of hydrogen-bond acceptors (Lipinski definition) is 3. The van der Waals surface area contributed by atoms with Crippen LogP contribution in [-0.2, 0) is 11.2 Å². The van der Waals surface area contributed by atoms with Gasteiger partial charge in [0.15, 0.2) is 5.82 Å².